The van der Waals surface area contributed by atoms with Gasteiger partial charge in [0.15, 0.2) is 0 Å². The average Bonchev–Trinajstić information content (AvgIpc) is 2.50. The maximum Gasteiger partial charge on any atom is 0.251 e. The fourth-order valence-corrected chi connectivity index (χ4v) is 2.02. The molecular formula is C16H17ClN2O2. The summed E-state index contributed by atoms with van der Waals surface area (Å²) in [5.41, 5.74) is 7.72. The molecule has 4 nitrogen and oxygen atoms in total. The maximum atomic E-state index is 12.0. The molecule has 0 aliphatic carbocycles. The van der Waals surface area contributed by atoms with E-state index in [0.29, 0.717) is 22.8 Å². The van der Waals surface area contributed by atoms with Crippen LogP contribution in [-0.2, 0) is 6.42 Å². The lowest BCUT2D eigenvalue weighted by Crippen LogP contribution is -2.25. The molecule has 21 heavy (non-hydrogen) atoms. The highest BCUT2D eigenvalue weighted by Gasteiger charge is 2.07. The molecule has 2 rings (SSSR count). The molecule has 0 radical (unpaired) electrons. The van der Waals surface area contributed by atoms with Crippen LogP contribution in [0.3, 0.4) is 0 Å². The molecule has 0 saturated carbocycles. The zero-order valence-corrected chi connectivity index (χ0v) is 12.5. The van der Waals surface area contributed by atoms with Gasteiger partial charge in [-0.05, 0) is 42.3 Å². The second-order valence-corrected chi connectivity index (χ2v) is 5.00. The Labute approximate surface area is 128 Å². The van der Waals surface area contributed by atoms with Gasteiger partial charge in [-0.25, -0.2) is 0 Å². The molecule has 1 amide bonds. The van der Waals surface area contributed by atoms with Crippen molar-refractivity contribution in [1.82, 2.24) is 5.32 Å². The summed E-state index contributed by atoms with van der Waals surface area (Å²) >= 11 is 5.83. The average molecular weight is 305 g/mol. The molecule has 0 aromatic heterocycles. The van der Waals surface area contributed by atoms with Crippen LogP contribution in [0.25, 0.3) is 0 Å². The molecule has 0 fully saturated rings. The van der Waals surface area contributed by atoms with Crippen molar-refractivity contribution in [2.45, 2.75) is 6.42 Å². The van der Waals surface area contributed by atoms with Gasteiger partial charge in [-0.1, -0.05) is 23.7 Å². The van der Waals surface area contributed by atoms with Gasteiger partial charge in [0.05, 0.1) is 17.8 Å². The Bertz CT molecular complexity index is 627. The van der Waals surface area contributed by atoms with Crippen LogP contribution < -0.4 is 15.8 Å². The Hall–Kier alpha value is -2.20. The first-order valence-electron chi connectivity index (χ1n) is 6.56. The van der Waals surface area contributed by atoms with Crippen LogP contribution in [0, 0.1) is 0 Å². The predicted octanol–water partition coefficient (Wildman–Crippen LogP) is 2.90. The number of nitrogen functional groups attached to an aromatic ring is 1. The van der Waals surface area contributed by atoms with Gasteiger partial charge in [0.1, 0.15) is 5.75 Å². The monoisotopic (exact) mass is 304 g/mol. The number of methoxy groups -OCH3 is 1. The zero-order chi connectivity index (χ0) is 15.2. The van der Waals surface area contributed by atoms with E-state index in [2.05, 4.69) is 5.32 Å². The van der Waals surface area contributed by atoms with Crippen molar-refractivity contribution < 1.29 is 9.53 Å². The molecule has 0 saturated heterocycles. The lowest BCUT2D eigenvalue weighted by Gasteiger charge is -2.07. The van der Waals surface area contributed by atoms with Gasteiger partial charge in [-0.2, -0.15) is 0 Å². The third kappa shape index (κ3) is 4.13. The van der Waals surface area contributed by atoms with E-state index in [1.165, 1.54) is 0 Å². The molecule has 0 spiro atoms. The number of benzene rings is 2. The van der Waals surface area contributed by atoms with E-state index >= 15 is 0 Å². The van der Waals surface area contributed by atoms with Crippen molar-refractivity contribution >= 4 is 23.2 Å². The van der Waals surface area contributed by atoms with Crippen LogP contribution in [0.1, 0.15) is 15.9 Å². The first kappa shape index (κ1) is 15.2. The number of carbonyl (C=O) groups is 1. The Morgan fingerprint density at radius 2 is 1.95 bits per heavy atom. The number of rotatable bonds is 5. The molecule has 0 unspecified atom stereocenters. The number of anilines is 1. The van der Waals surface area contributed by atoms with Crippen LogP contribution >= 0.6 is 11.6 Å². The fraction of sp³-hybridized carbons (Fsp3) is 0.188. The highest BCUT2D eigenvalue weighted by molar-refractivity contribution is 6.33. The fourth-order valence-electron chi connectivity index (χ4n) is 1.90. The molecule has 110 valence electrons. The number of nitrogens with one attached hydrogen (secondary N) is 1. The second kappa shape index (κ2) is 6.99. The number of halogens is 1. The number of hydrogen-bond acceptors (Lipinski definition) is 3. The Kier molecular flexibility index (Phi) is 5.06. The Morgan fingerprint density at radius 1 is 1.24 bits per heavy atom. The molecule has 0 aliphatic rings. The normalized spacial score (nSPS) is 10.2. The summed E-state index contributed by atoms with van der Waals surface area (Å²) in [6.45, 7) is 0.549. The van der Waals surface area contributed by atoms with Crippen molar-refractivity contribution in [3.8, 4) is 5.75 Å². The van der Waals surface area contributed by atoms with Gasteiger partial charge in [-0.15, -0.1) is 0 Å². The second-order valence-electron chi connectivity index (χ2n) is 4.59. The third-order valence-corrected chi connectivity index (χ3v) is 3.46. The molecule has 0 aliphatic heterocycles. The minimum atomic E-state index is -0.160. The molecule has 5 heteroatoms. The van der Waals surface area contributed by atoms with Crippen molar-refractivity contribution in [3.05, 3.63) is 58.6 Å². The predicted molar refractivity (Wildman–Crippen MR) is 84.9 cm³/mol. The quantitative estimate of drug-likeness (QED) is 0.835. The van der Waals surface area contributed by atoms with Gasteiger partial charge >= 0.3 is 0 Å². The summed E-state index contributed by atoms with van der Waals surface area (Å²) in [4.78, 5) is 12.0. The molecule has 0 heterocycles. The molecular weight excluding hydrogens is 288 g/mol. The Balaban J connectivity index is 1.87. The molecule has 3 N–H and O–H groups in total. The van der Waals surface area contributed by atoms with Gasteiger partial charge < -0.3 is 15.8 Å². The molecule has 2 aromatic rings. The largest absolute Gasteiger partial charge is 0.497 e. The van der Waals surface area contributed by atoms with E-state index in [1.54, 1.807) is 25.3 Å². The van der Waals surface area contributed by atoms with Crippen LogP contribution in [0.2, 0.25) is 5.02 Å². The van der Waals surface area contributed by atoms with Gasteiger partial charge in [0, 0.05) is 12.1 Å². The van der Waals surface area contributed by atoms with Crippen LogP contribution in [-0.4, -0.2) is 19.6 Å². The topological polar surface area (TPSA) is 64.3 Å². The van der Waals surface area contributed by atoms with Crippen molar-refractivity contribution in [1.29, 1.82) is 0 Å². The van der Waals surface area contributed by atoms with E-state index in [1.807, 2.05) is 24.3 Å². The number of carbonyl (C=O) groups excluding carboxylic acids is 1. The standard InChI is InChI=1S/C16H17ClN2O2/c1-21-13-5-2-11(3-6-13)8-9-19-16(20)12-4-7-14(17)15(18)10-12/h2-7,10H,8-9,18H2,1H3,(H,19,20). The lowest BCUT2D eigenvalue weighted by atomic mass is 10.1. The zero-order valence-electron chi connectivity index (χ0n) is 11.7. The van der Waals surface area contributed by atoms with Gasteiger partial charge in [-0.3, -0.25) is 4.79 Å². The number of amides is 1. The summed E-state index contributed by atoms with van der Waals surface area (Å²) in [6.07, 6.45) is 0.749. The van der Waals surface area contributed by atoms with E-state index in [-0.39, 0.29) is 5.91 Å². The van der Waals surface area contributed by atoms with Gasteiger partial charge in [0.2, 0.25) is 0 Å². The minimum Gasteiger partial charge on any atom is -0.497 e. The van der Waals surface area contributed by atoms with E-state index in [0.717, 1.165) is 17.7 Å². The van der Waals surface area contributed by atoms with Crippen LogP contribution in [0.4, 0.5) is 5.69 Å². The minimum absolute atomic E-state index is 0.160. The molecule has 0 atom stereocenters. The van der Waals surface area contributed by atoms with Crippen molar-refractivity contribution in [3.63, 3.8) is 0 Å². The van der Waals surface area contributed by atoms with Crippen LogP contribution in [0.5, 0.6) is 5.75 Å². The Morgan fingerprint density at radius 3 is 2.57 bits per heavy atom. The van der Waals surface area contributed by atoms with Crippen molar-refractivity contribution in [2.24, 2.45) is 0 Å². The lowest BCUT2D eigenvalue weighted by molar-refractivity contribution is 0.0954. The summed E-state index contributed by atoms with van der Waals surface area (Å²) in [5, 5.41) is 3.30. The smallest absolute Gasteiger partial charge is 0.251 e. The third-order valence-electron chi connectivity index (χ3n) is 3.12. The highest BCUT2D eigenvalue weighted by Crippen LogP contribution is 2.19. The first-order valence-corrected chi connectivity index (χ1v) is 6.94. The number of nitrogens with two attached hydrogens (primary N) is 1. The van der Waals surface area contributed by atoms with Crippen LogP contribution in [0.15, 0.2) is 42.5 Å². The van der Waals surface area contributed by atoms with Crippen molar-refractivity contribution in [2.75, 3.05) is 19.4 Å². The maximum absolute atomic E-state index is 12.0. The first-order chi connectivity index (χ1) is 10.1. The van der Waals surface area contributed by atoms with E-state index < -0.39 is 0 Å². The molecule has 2 aromatic carbocycles. The highest BCUT2D eigenvalue weighted by atomic mass is 35.5. The SMILES string of the molecule is COc1ccc(CCNC(=O)c2ccc(Cl)c(N)c2)cc1. The number of hydrogen-bond donors (Lipinski definition) is 2. The van der Waals surface area contributed by atoms with E-state index in [9.17, 15) is 4.79 Å². The summed E-state index contributed by atoms with van der Waals surface area (Å²) in [7, 11) is 1.63. The van der Waals surface area contributed by atoms with Gasteiger partial charge in [0.25, 0.3) is 5.91 Å². The van der Waals surface area contributed by atoms with E-state index in [4.69, 9.17) is 22.1 Å². The number of ether oxygens (including phenoxy) is 1. The summed E-state index contributed by atoms with van der Waals surface area (Å²) < 4.78 is 5.10. The summed E-state index contributed by atoms with van der Waals surface area (Å²) in [5.74, 6) is 0.659. The molecule has 0 bridgehead atoms. The summed E-state index contributed by atoms with van der Waals surface area (Å²) in [6, 6.07) is 12.6.